The second-order valence-electron chi connectivity index (χ2n) is 7.32. The summed E-state index contributed by atoms with van der Waals surface area (Å²) in [5.74, 6) is 1.92. The van der Waals surface area contributed by atoms with Crippen LogP contribution in [0.5, 0.6) is 11.5 Å². The fourth-order valence-electron chi connectivity index (χ4n) is 3.26. The monoisotopic (exact) mass is 451 g/mol. The Labute approximate surface area is 190 Å². The van der Waals surface area contributed by atoms with Crippen molar-refractivity contribution >= 4 is 34.2 Å². The van der Waals surface area contributed by atoms with Gasteiger partial charge in [-0.15, -0.1) is 5.10 Å². The fraction of sp³-hybridized carbons (Fsp3) is 0.304. The number of carbonyl (C=O) groups is 1. The molecule has 0 saturated heterocycles. The third kappa shape index (κ3) is 4.34. The summed E-state index contributed by atoms with van der Waals surface area (Å²) in [6, 6.07) is 13.5. The van der Waals surface area contributed by atoms with E-state index in [2.05, 4.69) is 5.32 Å². The maximum atomic E-state index is 12.4. The molecule has 9 heteroatoms. The Morgan fingerprint density at radius 2 is 1.84 bits per heavy atom. The predicted octanol–water partition coefficient (Wildman–Crippen LogP) is 3.97. The van der Waals surface area contributed by atoms with Crippen molar-refractivity contribution in [2.75, 3.05) is 20.0 Å². The molecule has 8 nitrogen and oxygen atoms in total. The third-order valence-corrected chi connectivity index (χ3v) is 6.06. The van der Waals surface area contributed by atoms with Crippen LogP contribution in [0.25, 0.3) is 27.9 Å². The van der Waals surface area contributed by atoms with Crippen LogP contribution in [0.3, 0.4) is 0 Å². The number of hydrogen-bond donors (Lipinski definition) is 1. The van der Waals surface area contributed by atoms with Gasteiger partial charge in [0.15, 0.2) is 28.1 Å². The van der Waals surface area contributed by atoms with Crippen LogP contribution in [0.15, 0.2) is 47.6 Å². The van der Waals surface area contributed by atoms with E-state index in [0.29, 0.717) is 33.6 Å². The predicted molar refractivity (Wildman–Crippen MR) is 125 cm³/mol. The molecule has 4 rings (SSSR count). The zero-order valence-electron chi connectivity index (χ0n) is 18.5. The quantitative estimate of drug-likeness (QED) is 0.320. The standard InChI is InChI=1S/C23H25N5O3S/c1-5-14(2)24-20(29)13-32-23-25-17-12-19(31-4)18(30-3)11-16(17)22-26-21(27-28(22)23)15-9-7-6-8-10-15/h6-12,14H,5,13H2,1-4H3,(H,24,29). The zero-order valence-corrected chi connectivity index (χ0v) is 19.3. The summed E-state index contributed by atoms with van der Waals surface area (Å²) in [7, 11) is 3.18. The summed E-state index contributed by atoms with van der Waals surface area (Å²) >= 11 is 1.32. The average Bonchev–Trinajstić information content (AvgIpc) is 3.28. The van der Waals surface area contributed by atoms with Crippen molar-refractivity contribution in [2.45, 2.75) is 31.5 Å². The summed E-state index contributed by atoms with van der Waals surface area (Å²) in [4.78, 5) is 21.9. The molecule has 2 aromatic heterocycles. The van der Waals surface area contributed by atoms with Gasteiger partial charge in [0, 0.05) is 23.1 Å². The molecule has 0 aliphatic rings. The average molecular weight is 452 g/mol. The molecule has 0 aliphatic carbocycles. The van der Waals surface area contributed by atoms with Crippen molar-refractivity contribution in [1.29, 1.82) is 0 Å². The first-order valence-corrected chi connectivity index (χ1v) is 11.3. The Balaban J connectivity index is 1.83. The maximum absolute atomic E-state index is 12.4. The Hall–Kier alpha value is -3.33. The highest BCUT2D eigenvalue weighted by molar-refractivity contribution is 7.99. The summed E-state index contributed by atoms with van der Waals surface area (Å²) < 4.78 is 12.6. The van der Waals surface area contributed by atoms with Crippen molar-refractivity contribution in [3.63, 3.8) is 0 Å². The molecule has 32 heavy (non-hydrogen) atoms. The third-order valence-electron chi connectivity index (χ3n) is 5.13. The van der Waals surface area contributed by atoms with Crippen LogP contribution in [-0.4, -0.2) is 51.5 Å². The molecule has 0 radical (unpaired) electrons. The molecule has 0 spiro atoms. The van der Waals surface area contributed by atoms with Crippen molar-refractivity contribution in [3.05, 3.63) is 42.5 Å². The van der Waals surface area contributed by atoms with Crippen LogP contribution < -0.4 is 14.8 Å². The van der Waals surface area contributed by atoms with Crippen molar-refractivity contribution in [3.8, 4) is 22.9 Å². The number of aromatic nitrogens is 4. The van der Waals surface area contributed by atoms with Gasteiger partial charge >= 0.3 is 0 Å². The number of fused-ring (bicyclic) bond motifs is 3. The molecule has 0 saturated carbocycles. The van der Waals surface area contributed by atoms with E-state index in [1.807, 2.05) is 56.3 Å². The molecule has 1 N–H and O–H groups in total. The van der Waals surface area contributed by atoms with Gasteiger partial charge in [-0.3, -0.25) is 4.79 Å². The van der Waals surface area contributed by atoms with Crippen LogP contribution in [0.1, 0.15) is 20.3 Å². The van der Waals surface area contributed by atoms with Gasteiger partial charge in [0.2, 0.25) is 5.91 Å². The lowest BCUT2D eigenvalue weighted by atomic mass is 10.2. The molecule has 0 fully saturated rings. The van der Waals surface area contributed by atoms with Gasteiger partial charge in [-0.1, -0.05) is 49.0 Å². The number of thioether (sulfide) groups is 1. The molecule has 166 valence electrons. The Bertz CT molecular complexity index is 1260. The van der Waals surface area contributed by atoms with Gasteiger partial charge < -0.3 is 14.8 Å². The molecular formula is C23H25N5O3S. The van der Waals surface area contributed by atoms with Crippen molar-refractivity contribution in [2.24, 2.45) is 0 Å². The molecule has 4 aromatic rings. The number of nitrogens with one attached hydrogen (secondary N) is 1. The first kappa shape index (κ1) is 21.9. The number of nitrogens with zero attached hydrogens (tertiary/aromatic N) is 4. The SMILES string of the molecule is CCC(C)NC(=O)CSc1nc2cc(OC)c(OC)cc2c2nc(-c3ccccc3)nn12. The lowest BCUT2D eigenvalue weighted by Gasteiger charge is -2.12. The first-order valence-electron chi connectivity index (χ1n) is 10.3. The summed E-state index contributed by atoms with van der Waals surface area (Å²) in [5.41, 5.74) is 2.22. The van der Waals surface area contributed by atoms with Gasteiger partial charge in [0.05, 0.1) is 25.5 Å². The van der Waals surface area contributed by atoms with E-state index in [1.54, 1.807) is 18.7 Å². The van der Waals surface area contributed by atoms with E-state index in [4.69, 9.17) is 24.5 Å². The molecule has 0 aliphatic heterocycles. The van der Waals surface area contributed by atoms with Gasteiger partial charge in [-0.05, 0) is 19.4 Å². The second kappa shape index (κ2) is 9.44. The number of amides is 1. The molecule has 0 bridgehead atoms. The molecule has 2 heterocycles. The number of hydrogen-bond acceptors (Lipinski definition) is 7. The summed E-state index contributed by atoms with van der Waals surface area (Å²) in [6.07, 6.45) is 0.875. The molecule has 1 unspecified atom stereocenters. The Morgan fingerprint density at radius 3 is 2.53 bits per heavy atom. The molecule has 2 aromatic carbocycles. The van der Waals surface area contributed by atoms with Gasteiger partial charge in [-0.2, -0.15) is 4.52 Å². The largest absolute Gasteiger partial charge is 0.493 e. The van der Waals surface area contributed by atoms with E-state index in [9.17, 15) is 4.79 Å². The smallest absolute Gasteiger partial charge is 0.230 e. The second-order valence-corrected chi connectivity index (χ2v) is 8.26. The summed E-state index contributed by atoms with van der Waals surface area (Å²) in [5, 5.41) is 9.05. The maximum Gasteiger partial charge on any atom is 0.230 e. The number of rotatable bonds is 8. The molecule has 1 atom stereocenters. The van der Waals surface area contributed by atoms with Gasteiger partial charge in [0.25, 0.3) is 0 Å². The highest BCUT2D eigenvalue weighted by Gasteiger charge is 2.18. The van der Waals surface area contributed by atoms with E-state index in [-0.39, 0.29) is 17.7 Å². The van der Waals surface area contributed by atoms with E-state index in [1.165, 1.54) is 11.8 Å². The molecule has 1 amide bonds. The van der Waals surface area contributed by atoms with Crippen molar-refractivity contribution in [1.82, 2.24) is 24.9 Å². The highest BCUT2D eigenvalue weighted by atomic mass is 32.2. The normalized spacial score (nSPS) is 12.1. The fourth-order valence-corrected chi connectivity index (χ4v) is 4.02. The van der Waals surface area contributed by atoms with Crippen LogP contribution in [0.4, 0.5) is 0 Å². The number of ether oxygens (including phenoxy) is 2. The topological polar surface area (TPSA) is 90.6 Å². The number of methoxy groups -OCH3 is 2. The van der Waals surface area contributed by atoms with Crippen LogP contribution in [0.2, 0.25) is 0 Å². The minimum absolute atomic E-state index is 0.0462. The zero-order chi connectivity index (χ0) is 22.7. The lowest BCUT2D eigenvalue weighted by molar-refractivity contribution is -0.119. The van der Waals surface area contributed by atoms with Gasteiger partial charge in [-0.25, -0.2) is 9.97 Å². The lowest BCUT2D eigenvalue weighted by Crippen LogP contribution is -2.33. The summed E-state index contributed by atoms with van der Waals surface area (Å²) in [6.45, 7) is 4.02. The Morgan fingerprint density at radius 1 is 1.12 bits per heavy atom. The minimum Gasteiger partial charge on any atom is -0.493 e. The van der Waals surface area contributed by atoms with E-state index >= 15 is 0 Å². The Kier molecular flexibility index (Phi) is 6.45. The van der Waals surface area contributed by atoms with E-state index in [0.717, 1.165) is 17.4 Å². The van der Waals surface area contributed by atoms with E-state index < -0.39 is 0 Å². The number of carbonyl (C=O) groups excluding carboxylic acids is 1. The number of benzene rings is 2. The van der Waals surface area contributed by atoms with Crippen LogP contribution in [-0.2, 0) is 4.79 Å². The van der Waals surface area contributed by atoms with Crippen LogP contribution >= 0.6 is 11.8 Å². The van der Waals surface area contributed by atoms with Gasteiger partial charge in [0.1, 0.15) is 0 Å². The van der Waals surface area contributed by atoms with Crippen molar-refractivity contribution < 1.29 is 14.3 Å². The first-order chi connectivity index (χ1) is 15.5. The van der Waals surface area contributed by atoms with Crippen LogP contribution in [0, 0.1) is 0 Å². The highest BCUT2D eigenvalue weighted by Crippen LogP contribution is 2.35. The minimum atomic E-state index is -0.0462. The molecular weight excluding hydrogens is 426 g/mol.